The molecule has 0 spiro atoms. The van der Waals surface area contributed by atoms with Gasteiger partial charge in [-0.1, -0.05) is 26.0 Å². The Kier molecular flexibility index (Phi) is 5.46. The lowest BCUT2D eigenvalue weighted by molar-refractivity contribution is 0.239. The molecule has 0 aliphatic heterocycles. The molecular weight excluding hydrogens is 219 g/mol. The van der Waals surface area contributed by atoms with Gasteiger partial charge in [-0.3, -0.25) is 0 Å². The number of urea groups is 1. The van der Waals surface area contributed by atoms with Crippen LogP contribution >= 0.6 is 0 Å². The van der Waals surface area contributed by atoms with Crippen molar-refractivity contribution in [2.75, 3.05) is 13.1 Å². The molecule has 0 unspecified atom stereocenters. The molecule has 0 bridgehead atoms. The van der Waals surface area contributed by atoms with E-state index in [1.807, 2.05) is 19.9 Å². The van der Waals surface area contributed by atoms with Crippen LogP contribution in [0.3, 0.4) is 0 Å². The van der Waals surface area contributed by atoms with Crippen LogP contribution in [-0.2, 0) is 6.42 Å². The Morgan fingerprint density at radius 2 is 2.12 bits per heavy atom. The minimum atomic E-state index is -0.244. The van der Waals surface area contributed by atoms with Gasteiger partial charge in [0.25, 0.3) is 0 Å². The number of carbonyl (C=O) groups is 1. The molecule has 2 amide bonds. The van der Waals surface area contributed by atoms with Crippen LogP contribution in [0.5, 0.6) is 0 Å². The fourth-order valence-electron chi connectivity index (χ4n) is 1.37. The second kappa shape index (κ2) is 6.89. The summed E-state index contributed by atoms with van der Waals surface area (Å²) in [6.45, 7) is 5.24. The smallest absolute Gasteiger partial charge is 0.314 e. The van der Waals surface area contributed by atoms with Crippen LogP contribution in [0, 0.1) is 11.7 Å². The summed E-state index contributed by atoms with van der Waals surface area (Å²) < 4.78 is 12.9. The number of halogens is 1. The summed E-state index contributed by atoms with van der Waals surface area (Å²) in [5, 5.41) is 5.49. The van der Waals surface area contributed by atoms with Gasteiger partial charge in [-0.25, -0.2) is 9.18 Å². The first-order chi connectivity index (χ1) is 8.08. The maximum atomic E-state index is 12.9. The lowest BCUT2D eigenvalue weighted by Gasteiger charge is -2.09. The van der Waals surface area contributed by atoms with Crippen molar-refractivity contribution in [3.8, 4) is 0 Å². The van der Waals surface area contributed by atoms with E-state index < -0.39 is 0 Å². The predicted octanol–water partition coefficient (Wildman–Crippen LogP) is 2.32. The van der Waals surface area contributed by atoms with Crippen LogP contribution in [0.15, 0.2) is 24.3 Å². The summed E-state index contributed by atoms with van der Waals surface area (Å²) in [5.41, 5.74) is 0.883. The molecule has 1 aromatic carbocycles. The van der Waals surface area contributed by atoms with Gasteiger partial charge in [0.15, 0.2) is 0 Å². The Labute approximate surface area is 101 Å². The van der Waals surface area contributed by atoms with Crippen molar-refractivity contribution >= 4 is 6.03 Å². The van der Waals surface area contributed by atoms with Crippen LogP contribution in [0.1, 0.15) is 19.4 Å². The fourth-order valence-corrected chi connectivity index (χ4v) is 1.37. The Balaban J connectivity index is 2.21. The second-order valence-electron chi connectivity index (χ2n) is 4.41. The Hall–Kier alpha value is -1.58. The summed E-state index contributed by atoms with van der Waals surface area (Å²) in [6.07, 6.45) is 0.632. The highest BCUT2D eigenvalue weighted by molar-refractivity contribution is 5.73. The average molecular weight is 238 g/mol. The molecule has 0 aliphatic rings. The van der Waals surface area contributed by atoms with Gasteiger partial charge in [0.2, 0.25) is 0 Å². The van der Waals surface area contributed by atoms with Crippen molar-refractivity contribution in [2.45, 2.75) is 20.3 Å². The van der Waals surface area contributed by atoms with E-state index in [0.29, 0.717) is 25.4 Å². The van der Waals surface area contributed by atoms with Gasteiger partial charge < -0.3 is 10.6 Å². The zero-order chi connectivity index (χ0) is 12.7. The first-order valence-electron chi connectivity index (χ1n) is 5.84. The maximum absolute atomic E-state index is 12.9. The van der Waals surface area contributed by atoms with Crippen molar-refractivity contribution in [2.24, 2.45) is 5.92 Å². The second-order valence-corrected chi connectivity index (χ2v) is 4.41. The molecule has 3 nitrogen and oxygen atoms in total. The SMILES string of the molecule is CC(C)CNC(=O)NCCc1cccc(F)c1. The molecule has 0 radical (unpaired) electrons. The van der Waals surface area contributed by atoms with Gasteiger partial charge in [0.05, 0.1) is 0 Å². The van der Waals surface area contributed by atoms with Crippen LogP contribution in [0.4, 0.5) is 9.18 Å². The molecule has 2 N–H and O–H groups in total. The Morgan fingerprint density at radius 3 is 2.76 bits per heavy atom. The van der Waals surface area contributed by atoms with E-state index >= 15 is 0 Å². The van der Waals surface area contributed by atoms with Crippen molar-refractivity contribution in [1.82, 2.24) is 10.6 Å². The normalized spacial score (nSPS) is 10.4. The van der Waals surface area contributed by atoms with Gasteiger partial charge in [-0.2, -0.15) is 0 Å². The quantitative estimate of drug-likeness (QED) is 0.812. The average Bonchev–Trinajstić information content (AvgIpc) is 2.26. The molecule has 17 heavy (non-hydrogen) atoms. The number of nitrogens with one attached hydrogen (secondary N) is 2. The van der Waals surface area contributed by atoms with Gasteiger partial charge in [0, 0.05) is 13.1 Å². The minimum Gasteiger partial charge on any atom is -0.338 e. The van der Waals surface area contributed by atoms with Gasteiger partial charge >= 0.3 is 6.03 Å². The van der Waals surface area contributed by atoms with Crippen LogP contribution in [0.2, 0.25) is 0 Å². The van der Waals surface area contributed by atoms with E-state index in [-0.39, 0.29) is 11.8 Å². The van der Waals surface area contributed by atoms with Crippen LogP contribution in [0.25, 0.3) is 0 Å². The topological polar surface area (TPSA) is 41.1 Å². The zero-order valence-electron chi connectivity index (χ0n) is 10.3. The van der Waals surface area contributed by atoms with Crippen LogP contribution < -0.4 is 10.6 Å². The first-order valence-corrected chi connectivity index (χ1v) is 5.84. The number of hydrogen-bond acceptors (Lipinski definition) is 1. The Morgan fingerprint density at radius 1 is 1.35 bits per heavy atom. The lowest BCUT2D eigenvalue weighted by atomic mass is 10.1. The molecular formula is C13H19FN2O. The standard InChI is InChI=1S/C13H19FN2O/c1-10(2)9-16-13(17)15-7-6-11-4-3-5-12(14)8-11/h3-5,8,10H,6-7,9H2,1-2H3,(H2,15,16,17). The molecule has 1 rings (SSSR count). The molecule has 0 fully saturated rings. The number of benzene rings is 1. The summed E-state index contributed by atoms with van der Waals surface area (Å²) in [6, 6.07) is 6.23. The number of amides is 2. The van der Waals surface area contributed by atoms with Crippen LogP contribution in [-0.4, -0.2) is 19.1 Å². The third-order valence-electron chi connectivity index (χ3n) is 2.26. The van der Waals surface area contributed by atoms with Crippen molar-refractivity contribution in [1.29, 1.82) is 0 Å². The third-order valence-corrected chi connectivity index (χ3v) is 2.26. The summed E-state index contributed by atoms with van der Waals surface area (Å²) in [5.74, 6) is 0.190. The largest absolute Gasteiger partial charge is 0.338 e. The molecule has 0 atom stereocenters. The molecule has 0 saturated heterocycles. The molecule has 4 heteroatoms. The van der Waals surface area contributed by atoms with E-state index in [9.17, 15) is 9.18 Å². The number of rotatable bonds is 5. The lowest BCUT2D eigenvalue weighted by Crippen LogP contribution is -2.38. The van der Waals surface area contributed by atoms with E-state index in [4.69, 9.17) is 0 Å². The fraction of sp³-hybridized carbons (Fsp3) is 0.462. The number of hydrogen-bond donors (Lipinski definition) is 2. The summed E-state index contributed by atoms with van der Waals surface area (Å²) in [4.78, 5) is 11.3. The molecule has 0 saturated carbocycles. The number of carbonyl (C=O) groups excluding carboxylic acids is 1. The van der Waals surface area contributed by atoms with E-state index in [1.165, 1.54) is 12.1 Å². The van der Waals surface area contributed by atoms with Gasteiger partial charge in [-0.05, 0) is 30.0 Å². The van der Waals surface area contributed by atoms with E-state index in [0.717, 1.165) is 5.56 Å². The third kappa shape index (κ3) is 5.90. The minimum absolute atomic E-state index is 0.171. The highest BCUT2D eigenvalue weighted by Crippen LogP contribution is 2.03. The van der Waals surface area contributed by atoms with Crippen molar-refractivity contribution < 1.29 is 9.18 Å². The molecule has 94 valence electrons. The highest BCUT2D eigenvalue weighted by Gasteiger charge is 2.01. The van der Waals surface area contributed by atoms with E-state index in [2.05, 4.69) is 10.6 Å². The van der Waals surface area contributed by atoms with E-state index in [1.54, 1.807) is 6.07 Å². The van der Waals surface area contributed by atoms with Gasteiger partial charge in [-0.15, -0.1) is 0 Å². The molecule has 1 aromatic rings. The molecule has 0 aromatic heterocycles. The summed E-state index contributed by atoms with van der Waals surface area (Å²) >= 11 is 0. The predicted molar refractivity (Wildman–Crippen MR) is 66.3 cm³/mol. The van der Waals surface area contributed by atoms with Gasteiger partial charge in [0.1, 0.15) is 5.82 Å². The monoisotopic (exact) mass is 238 g/mol. The maximum Gasteiger partial charge on any atom is 0.314 e. The molecule has 0 heterocycles. The first kappa shape index (κ1) is 13.5. The Bertz CT molecular complexity index is 366. The van der Waals surface area contributed by atoms with Crippen molar-refractivity contribution in [3.05, 3.63) is 35.6 Å². The van der Waals surface area contributed by atoms with Crippen molar-refractivity contribution in [3.63, 3.8) is 0 Å². The zero-order valence-corrected chi connectivity index (χ0v) is 10.3. The highest BCUT2D eigenvalue weighted by atomic mass is 19.1. The summed E-state index contributed by atoms with van der Waals surface area (Å²) in [7, 11) is 0. The molecule has 0 aliphatic carbocycles.